The summed E-state index contributed by atoms with van der Waals surface area (Å²) in [7, 11) is 1.39. The van der Waals surface area contributed by atoms with Crippen molar-refractivity contribution in [3.63, 3.8) is 0 Å². The lowest BCUT2D eigenvalue weighted by atomic mass is 10.1. The van der Waals surface area contributed by atoms with Gasteiger partial charge in [-0.3, -0.25) is 9.48 Å². The summed E-state index contributed by atoms with van der Waals surface area (Å²) >= 11 is 0. The van der Waals surface area contributed by atoms with E-state index in [0.29, 0.717) is 35.2 Å². The normalized spacial score (nSPS) is 17.1. The molecule has 2 heterocycles. The predicted molar refractivity (Wildman–Crippen MR) is 140 cm³/mol. The van der Waals surface area contributed by atoms with Gasteiger partial charge in [-0.1, -0.05) is 11.3 Å². The molecule has 0 spiro atoms. The third kappa shape index (κ3) is 7.71. The van der Waals surface area contributed by atoms with E-state index in [1.807, 2.05) is 20.8 Å². The summed E-state index contributed by atoms with van der Waals surface area (Å²) in [6, 6.07) is 6.03. The molecule has 2 aromatic heterocycles. The van der Waals surface area contributed by atoms with E-state index in [-0.39, 0.29) is 24.0 Å². The van der Waals surface area contributed by atoms with Crippen LogP contribution < -0.4 is 15.4 Å². The van der Waals surface area contributed by atoms with Crippen molar-refractivity contribution in [3.05, 3.63) is 53.4 Å². The number of alkyl carbamates (subject to hydrolysis) is 1. The van der Waals surface area contributed by atoms with Crippen molar-refractivity contribution in [2.75, 3.05) is 7.11 Å². The third-order valence-electron chi connectivity index (χ3n) is 6.25. The second-order valence-corrected chi connectivity index (χ2v) is 10.7. The molecule has 11 nitrogen and oxygen atoms in total. The summed E-state index contributed by atoms with van der Waals surface area (Å²) < 4.78 is 25.8. The second-order valence-electron chi connectivity index (χ2n) is 10.7. The van der Waals surface area contributed by atoms with Crippen molar-refractivity contribution in [2.24, 2.45) is 5.92 Å². The van der Waals surface area contributed by atoms with Gasteiger partial charge in [0.15, 0.2) is 11.6 Å². The fraction of sp³-hybridized carbons (Fsp3) is 0.481. The Balaban J connectivity index is 1.35. The monoisotopic (exact) mass is 539 g/mol. The average molecular weight is 540 g/mol. The van der Waals surface area contributed by atoms with E-state index < -0.39 is 23.4 Å². The number of benzene rings is 1. The molecular formula is C27H34FN7O4. The topological polar surface area (TPSA) is 133 Å². The molecule has 1 aliphatic carbocycles. The van der Waals surface area contributed by atoms with Crippen LogP contribution in [0.4, 0.5) is 9.18 Å². The number of hydrogen-bond donors (Lipinski definition) is 2. The molecule has 0 radical (unpaired) electrons. The predicted octanol–water partition coefficient (Wildman–Crippen LogP) is 3.81. The smallest absolute Gasteiger partial charge is 0.407 e. The summed E-state index contributed by atoms with van der Waals surface area (Å²) in [4.78, 5) is 33.6. The van der Waals surface area contributed by atoms with Crippen LogP contribution in [0.2, 0.25) is 0 Å². The number of aryl methyl sites for hydroxylation is 1. The zero-order chi connectivity index (χ0) is 28.2. The molecule has 4 rings (SSSR count). The fourth-order valence-corrected chi connectivity index (χ4v) is 4.52. The number of nitrogens with zero attached hydrogens (tertiary/aromatic N) is 5. The molecule has 1 aliphatic rings. The molecule has 2 N–H and O–H groups in total. The van der Waals surface area contributed by atoms with Gasteiger partial charge in [-0.15, -0.1) is 5.10 Å². The molecule has 3 aromatic rings. The molecule has 1 saturated carbocycles. The Morgan fingerprint density at radius 1 is 1.15 bits per heavy atom. The Morgan fingerprint density at radius 2 is 1.95 bits per heavy atom. The van der Waals surface area contributed by atoms with Crippen LogP contribution in [0.1, 0.15) is 61.9 Å². The molecule has 1 aromatic carbocycles. The minimum Gasteiger partial charge on any atom is -0.494 e. The Kier molecular flexibility index (Phi) is 8.41. The minimum absolute atomic E-state index is 0.0643. The number of nitrogens with one attached hydrogen (secondary N) is 2. The number of carbonyl (C=O) groups is 2. The van der Waals surface area contributed by atoms with Crippen LogP contribution >= 0.6 is 0 Å². The Morgan fingerprint density at radius 3 is 2.69 bits per heavy atom. The third-order valence-corrected chi connectivity index (χ3v) is 6.25. The average Bonchev–Trinajstić information content (AvgIpc) is 3.51. The zero-order valence-corrected chi connectivity index (χ0v) is 22.8. The molecule has 208 valence electrons. The minimum atomic E-state index is -0.532. The maximum absolute atomic E-state index is 13.6. The van der Waals surface area contributed by atoms with Crippen LogP contribution in [0.15, 0.2) is 30.5 Å². The number of aromatic nitrogens is 5. The molecule has 39 heavy (non-hydrogen) atoms. The highest BCUT2D eigenvalue weighted by molar-refractivity contribution is 5.93. The Hall–Kier alpha value is -4.09. The van der Waals surface area contributed by atoms with Crippen LogP contribution in [0.3, 0.4) is 0 Å². The van der Waals surface area contributed by atoms with E-state index in [9.17, 15) is 14.0 Å². The van der Waals surface area contributed by atoms with E-state index in [2.05, 4.69) is 30.9 Å². The SMILES string of the molecule is COc1cc(CNC(=O)c2cc(-c3cn(C[C@H]4CC[C@@H](NC(=O)OC(C)(C)C)C4)nn3)nc(C)n2)ccc1F. The quantitative estimate of drug-likeness (QED) is 0.442. The van der Waals surface area contributed by atoms with Crippen molar-refractivity contribution in [2.45, 2.75) is 71.7 Å². The van der Waals surface area contributed by atoms with Crippen LogP contribution in [0, 0.1) is 18.7 Å². The van der Waals surface area contributed by atoms with Gasteiger partial charge >= 0.3 is 6.09 Å². The maximum Gasteiger partial charge on any atom is 0.407 e. The van der Waals surface area contributed by atoms with Gasteiger partial charge < -0.3 is 20.1 Å². The van der Waals surface area contributed by atoms with Gasteiger partial charge in [0.2, 0.25) is 0 Å². The van der Waals surface area contributed by atoms with E-state index >= 15 is 0 Å². The lowest BCUT2D eigenvalue weighted by molar-refractivity contribution is 0.0504. The fourth-order valence-electron chi connectivity index (χ4n) is 4.52. The van der Waals surface area contributed by atoms with Crippen molar-refractivity contribution < 1.29 is 23.5 Å². The summed E-state index contributed by atoms with van der Waals surface area (Å²) in [6.07, 6.45) is 4.05. The van der Waals surface area contributed by atoms with Gasteiger partial charge in [0.1, 0.15) is 22.8 Å². The molecular weight excluding hydrogens is 505 g/mol. The highest BCUT2D eigenvalue weighted by Crippen LogP contribution is 2.28. The first-order valence-electron chi connectivity index (χ1n) is 12.9. The number of hydrogen-bond acceptors (Lipinski definition) is 8. The molecule has 0 saturated heterocycles. The van der Waals surface area contributed by atoms with Crippen molar-refractivity contribution in [3.8, 4) is 17.1 Å². The number of methoxy groups -OCH3 is 1. The molecule has 2 amide bonds. The second kappa shape index (κ2) is 11.7. The number of halogens is 1. The summed E-state index contributed by atoms with van der Waals surface area (Å²) in [5, 5.41) is 14.2. The summed E-state index contributed by atoms with van der Waals surface area (Å²) in [5.41, 5.74) is 1.35. The molecule has 0 unspecified atom stereocenters. The Labute approximate surface area is 226 Å². The first kappa shape index (κ1) is 27.9. The number of amides is 2. The van der Waals surface area contributed by atoms with Crippen LogP contribution in [-0.4, -0.2) is 55.7 Å². The van der Waals surface area contributed by atoms with Crippen LogP contribution in [-0.2, 0) is 17.8 Å². The molecule has 1 fully saturated rings. The first-order valence-corrected chi connectivity index (χ1v) is 12.9. The highest BCUT2D eigenvalue weighted by Gasteiger charge is 2.28. The molecule has 12 heteroatoms. The maximum atomic E-state index is 13.6. The molecule has 2 atom stereocenters. The number of rotatable bonds is 8. The van der Waals surface area contributed by atoms with Crippen LogP contribution in [0.25, 0.3) is 11.4 Å². The number of ether oxygens (including phenoxy) is 2. The standard InChI is InChI=1S/C27H34FN7O4/c1-16-30-21(12-22(31-16)25(36)29-13-17-7-9-20(28)24(11-17)38-5)23-15-35(34-33-23)14-18-6-8-19(10-18)32-26(37)39-27(2,3)4/h7,9,11-12,15,18-19H,6,8,10,13-14H2,1-5H3,(H,29,36)(H,32,37)/t18-,19+/m0/s1. The van der Waals surface area contributed by atoms with E-state index in [4.69, 9.17) is 9.47 Å². The lowest BCUT2D eigenvalue weighted by Crippen LogP contribution is -2.38. The van der Waals surface area contributed by atoms with Crippen molar-refractivity contribution >= 4 is 12.0 Å². The number of carbonyl (C=O) groups excluding carboxylic acids is 2. The van der Waals surface area contributed by atoms with Gasteiger partial charge in [0.05, 0.1) is 19.0 Å². The lowest BCUT2D eigenvalue weighted by Gasteiger charge is -2.21. The van der Waals surface area contributed by atoms with Gasteiger partial charge in [0, 0.05) is 19.1 Å². The zero-order valence-electron chi connectivity index (χ0n) is 22.8. The molecule has 0 bridgehead atoms. The highest BCUT2D eigenvalue weighted by atomic mass is 19.1. The largest absolute Gasteiger partial charge is 0.494 e. The van der Waals surface area contributed by atoms with Gasteiger partial charge in [-0.05, 0) is 76.6 Å². The van der Waals surface area contributed by atoms with Crippen molar-refractivity contribution in [1.29, 1.82) is 0 Å². The van der Waals surface area contributed by atoms with E-state index in [0.717, 1.165) is 19.3 Å². The van der Waals surface area contributed by atoms with Gasteiger partial charge in [-0.2, -0.15) is 0 Å². The molecule has 0 aliphatic heterocycles. The summed E-state index contributed by atoms with van der Waals surface area (Å²) in [5.74, 6) is -0.00759. The first-order chi connectivity index (χ1) is 18.5. The van der Waals surface area contributed by atoms with Crippen LogP contribution in [0.5, 0.6) is 5.75 Å². The van der Waals surface area contributed by atoms with Gasteiger partial charge in [-0.25, -0.2) is 19.2 Å². The summed E-state index contributed by atoms with van der Waals surface area (Å²) in [6.45, 7) is 8.05. The Bertz CT molecular complexity index is 1340. The van der Waals surface area contributed by atoms with Crippen molar-refractivity contribution in [1.82, 2.24) is 35.6 Å². The van der Waals surface area contributed by atoms with Gasteiger partial charge in [0.25, 0.3) is 5.91 Å². The van der Waals surface area contributed by atoms with E-state index in [1.54, 1.807) is 29.9 Å². The van der Waals surface area contributed by atoms with E-state index in [1.165, 1.54) is 19.2 Å².